The smallest absolute Gasteiger partial charge is 0.131 e. The number of nitrogens with zero attached hydrogens (tertiary/aromatic N) is 1. The Balaban J connectivity index is 2.42. The monoisotopic (exact) mass is 163 g/mol. The van der Waals surface area contributed by atoms with Crippen LogP contribution in [0.15, 0.2) is 5.16 Å². The van der Waals surface area contributed by atoms with Crippen molar-refractivity contribution >= 4 is 20.6 Å². The molecule has 1 aliphatic heterocycles. The van der Waals surface area contributed by atoms with Gasteiger partial charge in [0.1, 0.15) is 10.7 Å². The van der Waals surface area contributed by atoms with E-state index in [9.17, 15) is 0 Å². The maximum atomic E-state index is 4.81. The summed E-state index contributed by atoms with van der Waals surface area (Å²) in [6.45, 7) is 1.98. The second-order valence-electron chi connectivity index (χ2n) is 1.59. The molecule has 0 saturated carbocycles. The second-order valence-corrected chi connectivity index (χ2v) is 2.50. The summed E-state index contributed by atoms with van der Waals surface area (Å²) < 4.78 is 0.917. The third-order valence-corrected chi connectivity index (χ3v) is 1.26. The predicted octanol–water partition coefficient (Wildman–Crippen LogP) is 1.50. The molecule has 0 aromatic rings. The molecule has 2 nitrogen and oxygen atoms in total. The summed E-state index contributed by atoms with van der Waals surface area (Å²) in [5.41, 5.74) is 0. The lowest BCUT2D eigenvalue weighted by Gasteiger charge is -1.93. The molecule has 0 aromatic carbocycles. The van der Waals surface area contributed by atoms with Crippen LogP contribution < -0.4 is 0 Å². The summed E-state index contributed by atoms with van der Waals surface area (Å²) in [5, 5.41) is 3.65. The highest BCUT2D eigenvalue weighted by Gasteiger charge is 2.11. The van der Waals surface area contributed by atoms with E-state index in [1.807, 2.05) is 6.92 Å². The van der Waals surface area contributed by atoms with Gasteiger partial charge in [0.2, 0.25) is 0 Å². The zero-order valence-corrected chi connectivity index (χ0v) is 5.60. The van der Waals surface area contributed by atoms with Gasteiger partial charge < -0.3 is 4.84 Å². The summed E-state index contributed by atoms with van der Waals surface area (Å²) >= 11 is 3.20. The van der Waals surface area contributed by atoms with Gasteiger partial charge in [-0.2, -0.15) is 0 Å². The molecule has 1 heterocycles. The van der Waals surface area contributed by atoms with Crippen molar-refractivity contribution in [3.05, 3.63) is 0 Å². The van der Waals surface area contributed by atoms with Crippen molar-refractivity contribution < 1.29 is 4.84 Å². The van der Waals surface area contributed by atoms with Crippen LogP contribution >= 0.6 is 15.9 Å². The molecule has 0 spiro atoms. The zero-order valence-electron chi connectivity index (χ0n) is 4.02. The molecule has 0 aromatic heterocycles. The zero-order chi connectivity index (χ0) is 5.28. The first-order chi connectivity index (χ1) is 3.29. The largest absolute Gasteiger partial charge is 0.392 e. The van der Waals surface area contributed by atoms with E-state index in [0.29, 0.717) is 0 Å². The molecule has 0 saturated heterocycles. The Morgan fingerprint density at radius 3 is 2.86 bits per heavy atom. The molecule has 0 fully saturated rings. The normalized spacial score (nSPS) is 29.4. The van der Waals surface area contributed by atoms with Crippen LogP contribution in [0.1, 0.15) is 13.3 Å². The van der Waals surface area contributed by atoms with Gasteiger partial charge in [-0.3, -0.25) is 0 Å². The second kappa shape index (κ2) is 1.82. The summed E-state index contributed by atoms with van der Waals surface area (Å²) in [4.78, 5) is 4.81. The minimum Gasteiger partial charge on any atom is -0.392 e. The number of hydrogen-bond donors (Lipinski definition) is 0. The fourth-order valence-electron chi connectivity index (χ4n) is 0.459. The van der Waals surface area contributed by atoms with Gasteiger partial charge in [0.05, 0.1) is 0 Å². The van der Waals surface area contributed by atoms with Gasteiger partial charge in [-0.1, -0.05) is 5.16 Å². The highest BCUT2D eigenvalue weighted by atomic mass is 79.9. The summed E-state index contributed by atoms with van der Waals surface area (Å²) in [5.74, 6) is 0. The van der Waals surface area contributed by atoms with Crippen LogP contribution in [0, 0.1) is 0 Å². The molecule has 0 unspecified atom stereocenters. The quantitative estimate of drug-likeness (QED) is 0.531. The Hall–Kier alpha value is -0.0500. The average Bonchev–Trinajstić information content (AvgIpc) is 1.87. The van der Waals surface area contributed by atoms with E-state index in [-0.39, 0.29) is 6.10 Å². The molecule has 0 amide bonds. The van der Waals surface area contributed by atoms with E-state index in [4.69, 9.17) is 4.84 Å². The first-order valence-electron chi connectivity index (χ1n) is 2.17. The topological polar surface area (TPSA) is 21.6 Å². The highest BCUT2D eigenvalue weighted by Crippen LogP contribution is 2.12. The molecule has 1 aliphatic rings. The average molecular weight is 164 g/mol. The molecule has 1 rings (SSSR count). The van der Waals surface area contributed by atoms with Crippen molar-refractivity contribution in [2.75, 3.05) is 0 Å². The van der Waals surface area contributed by atoms with Crippen LogP contribution in [0.2, 0.25) is 0 Å². The molecule has 1 atom stereocenters. The number of rotatable bonds is 0. The maximum Gasteiger partial charge on any atom is 0.131 e. The van der Waals surface area contributed by atoms with Gasteiger partial charge >= 0.3 is 0 Å². The van der Waals surface area contributed by atoms with E-state index in [0.717, 1.165) is 11.0 Å². The standard InChI is InChI=1S/C4H6BrNO/c1-3-2-4(5)6-7-3/h3H,2H2,1H3/t3-/m1/s1. The van der Waals surface area contributed by atoms with Gasteiger partial charge in [-0.25, -0.2) is 0 Å². The highest BCUT2D eigenvalue weighted by molar-refractivity contribution is 9.18. The number of halogens is 1. The van der Waals surface area contributed by atoms with Crippen molar-refractivity contribution in [3.8, 4) is 0 Å². The molecular formula is C4H6BrNO. The maximum absolute atomic E-state index is 4.81. The molecule has 7 heavy (non-hydrogen) atoms. The first-order valence-corrected chi connectivity index (χ1v) is 2.96. The first kappa shape index (κ1) is 5.09. The molecule has 3 heteroatoms. The van der Waals surface area contributed by atoms with Gasteiger partial charge in [-0.05, 0) is 22.9 Å². The Kier molecular flexibility index (Phi) is 1.32. The Labute approximate surface area is 50.7 Å². The van der Waals surface area contributed by atoms with Crippen LogP contribution in [0.5, 0.6) is 0 Å². The SMILES string of the molecule is C[C@@H]1CC(Br)=NO1. The van der Waals surface area contributed by atoms with Crippen molar-refractivity contribution in [1.29, 1.82) is 0 Å². The van der Waals surface area contributed by atoms with Gasteiger partial charge in [0, 0.05) is 6.42 Å². The van der Waals surface area contributed by atoms with Crippen LogP contribution in [0.4, 0.5) is 0 Å². The van der Waals surface area contributed by atoms with Crippen molar-refractivity contribution in [2.24, 2.45) is 5.16 Å². The van der Waals surface area contributed by atoms with Crippen LogP contribution in [0.25, 0.3) is 0 Å². The van der Waals surface area contributed by atoms with E-state index in [1.54, 1.807) is 0 Å². The van der Waals surface area contributed by atoms with E-state index >= 15 is 0 Å². The third kappa shape index (κ3) is 1.16. The van der Waals surface area contributed by atoms with Crippen molar-refractivity contribution in [3.63, 3.8) is 0 Å². The summed E-state index contributed by atoms with van der Waals surface area (Å²) in [6.07, 6.45) is 1.19. The van der Waals surface area contributed by atoms with Crippen LogP contribution in [-0.2, 0) is 4.84 Å². The van der Waals surface area contributed by atoms with Crippen molar-refractivity contribution in [2.45, 2.75) is 19.4 Å². The fraction of sp³-hybridized carbons (Fsp3) is 0.750. The molecule has 40 valence electrons. The van der Waals surface area contributed by atoms with Crippen molar-refractivity contribution in [1.82, 2.24) is 0 Å². The molecule has 0 radical (unpaired) electrons. The molecular weight excluding hydrogens is 158 g/mol. The summed E-state index contributed by atoms with van der Waals surface area (Å²) in [7, 11) is 0. The number of oxime groups is 1. The fourth-order valence-corrected chi connectivity index (χ4v) is 0.998. The third-order valence-electron chi connectivity index (χ3n) is 0.788. The van der Waals surface area contributed by atoms with Gasteiger partial charge in [0.25, 0.3) is 0 Å². The minimum absolute atomic E-state index is 0.273. The predicted molar refractivity (Wildman–Crippen MR) is 31.5 cm³/mol. The van der Waals surface area contributed by atoms with E-state index < -0.39 is 0 Å². The van der Waals surface area contributed by atoms with E-state index in [1.165, 1.54) is 0 Å². The van der Waals surface area contributed by atoms with Crippen LogP contribution in [0.3, 0.4) is 0 Å². The van der Waals surface area contributed by atoms with Gasteiger partial charge in [-0.15, -0.1) is 0 Å². The molecule has 0 bridgehead atoms. The minimum atomic E-state index is 0.273. The van der Waals surface area contributed by atoms with Crippen LogP contribution in [-0.4, -0.2) is 10.7 Å². The van der Waals surface area contributed by atoms with Gasteiger partial charge in [0.15, 0.2) is 0 Å². The Bertz CT molecular complexity index is 102. The Morgan fingerprint density at radius 1 is 2.00 bits per heavy atom. The summed E-state index contributed by atoms with van der Waals surface area (Å²) in [6, 6.07) is 0. The Morgan fingerprint density at radius 2 is 2.71 bits per heavy atom. The lowest BCUT2D eigenvalue weighted by Crippen LogP contribution is -1.96. The number of hydrogen-bond acceptors (Lipinski definition) is 2. The molecule has 0 N–H and O–H groups in total. The lowest BCUT2D eigenvalue weighted by atomic mass is 10.3. The lowest BCUT2D eigenvalue weighted by molar-refractivity contribution is 0.0996. The van der Waals surface area contributed by atoms with E-state index in [2.05, 4.69) is 21.1 Å². The molecule has 0 aliphatic carbocycles.